The van der Waals surface area contributed by atoms with Crippen LogP contribution in [0.1, 0.15) is 48.6 Å². The first kappa shape index (κ1) is 25.9. The summed E-state index contributed by atoms with van der Waals surface area (Å²) in [7, 11) is 0. The average molecular weight is 474 g/mol. The number of alkyl halides is 5. The van der Waals surface area contributed by atoms with Crippen LogP contribution in [0.25, 0.3) is 0 Å². The number of amides is 2. The van der Waals surface area contributed by atoms with E-state index in [9.17, 15) is 31.5 Å². The van der Waals surface area contributed by atoms with E-state index in [-0.39, 0.29) is 23.3 Å². The minimum absolute atomic E-state index is 0.101. The zero-order chi connectivity index (χ0) is 25.0. The summed E-state index contributed by atoms with van der Waals surface area (Å²) in [5, 5.41) is 5.37. The molecule has 0 bridgehead atoms. The van der Waals surface area contributed by atoms with E-state index in [2.05, 4.69) is 25.3 Å². The van der Waals surface area contributed by atoms with Crippen molar-refractivity contribution in [2.24, 2.45) is 5.92 Å². The second kappa shape index (κ2) is 10.1. The molecule has 2 heterocycles. The molecule has 0 fully saturated rings. The number of halogens is 5. The normalized spacial score (nSPS) is 12.9. The summed E-state index contributed by atoms with van der Waals surface area (Å²) in [6, 6.07) is 5.02. The molecule has 0 aliphatic rings. The zero-order valence-corrected chi connectivity index (χ0v) is 18.3. The minimum Gasteiger partial charge on any atom is -0.485 e. The predicted octanol–water partition coefficient (Wildman–Crippen LogP) is 4.45. The predicted molar refractivity (Wildman–Crippen MR) is 109 cm³/mol. The van der Waals surface area contributed by atoms with Gasteiger partial charge in [-0.25, -0.2) is 9.97 Å². The summed E-state index contributed by atoms with van der Waals surface area (Å²) in [5.41, 5.74) is 1.17. The summed E-state index contributed by atoms with van der Waals surface area (Å²) in [4.78, 5) is 32.4. The molecule has 2 amide bonds. The molecule has 180 valence electrons. The topological polar surface area (TPSA) is 93.2 Å². The van der Waals surface area contributed by atoms with Gasteiger partial charge in [-0.05, 0) is 43.7 Å². The van der Waals surface area contributed by atoms with Gasteiger partial charge in [0, 0.05) is 11.6 Å². The van der Waals surface area contributed by atoms with Crippen molar-refractivity contribution in [2.75, 3.05) is 11.9 Å². The third-order valence-corrected chi connectivity index (χ3v) is 4.40. The molecule has 2 aromatic rings. The molecule has 0 aliphatic heterocycles. The zero-order valence-electron chi connectivity index (χ0n) is 18.3. The van der Waals surface area contributed by atoms with Crippen LogP contribution in [0.15, 0.2) is 30.5 Å². The molecule has 0 aromatic carbocycles. The Balaban J connectivity index is 2.03. The third-order valence-electron chi connectivity index (χ3n) is 4.40. The number of aryl methyl sites for hydroxylation is 1. The number of carbonyl (C=O) groups excluding carboxylic acids is 2. The fourth-order valence-electron chi connectivity index (χ4n) is 2.49. The van der Waals surface area contributed by atoms with Crippen molar-refractivity contribution in [3.8, 4) is 5.75 Å². The number of carbonyl (C=O) groups is 2. The second-order valence-electron chi connectivity index (χ2n) is 7.64. The van der Waals surface area contributed by atoms with Gasteiger partial charge < -0.3 is 15.4 Å². The standard InChI is InChI=1S/C21H23F5N4O3/c1-11(2)18(31)30-17-8-14(7-12(3)28-17)13(4)29-19(32)16-6-5-15(9-27-16)33-10-20(22,23)21(24,25)26/h5-9,11,13H,10H2,1-4H3,(H,29,32)(H,28,30,31). The van der Waals surface area contributed by atoms with Crippen LogP contribution in [0, 0.1) is 12.8 Å². The Morgan fingerprint density at radius 3 is 2.30 bits per heavy atom. The molecule has 1 atom stereocenters. The minimum atomic E-state index is -5.74. The van der Waals surface area contributed by atoms with E-state index < -0.39 is 30.7 Å². The molecule has 0 saturated heterocycles. The molecule has 0 radical (unpaired) electrons. The van der Waals surface area contributed by atoms with Crippen LogP contribution in [0.3, 0.4) is 0 Å². The number of nitrogens with zero attached hydrogens (tertiary/aromatic N) is 2. The highest BCUT2D eigenvalue weighted by molar-refractivity contribution is 5.93. The highest BCUT2D eigenvalue weighted by Crippen LogP contribution is 2.35. The fraction of sp³-hybridized carbons (Fsp3) is 0.429. The lowest BCUT2D eigenvalue weighted by Crippen LogP contribution is -2.41. The van der Waals surface area contributed by atoms with E-state index >= 15 is 0 Å². The number of ether oxygens (including phenoxy) is 1. The van der Waals surface area contributed by atoms with Gasteiger partial charge in [0.15, 0.2) is 6.61 Å². The number of hydrogen-bond donors (Lipinski definition) is 2. The Morgan fingerprint density at radius 2 is 1.76 bits per heavy atom. The second-order valence-corrected chi connectivity index (χ2v) is 7.64. The molecule has 2 rings (SSSR count). The molecule has 33 heavy (non-hydrogen) atoms. The third kappa shape index (κ3) is 7.09. The van der Waals surface area contributed by atoms with Gasteiger partial charge in [-0.15, -0.1) is 0 Å². The number of nitrogens with one attached hydrogen (secondary N) is 2. The molecule has 0 saturated carbocycles. The highest BCUT2D eigenvalue weighted by Gasteiger charge is 2.58. The van der Waals surface area contributed by atoms with Crippen LogP contribution in [-0.2, 0) is 4.79 Å². The van der Waals surface area contributed by atoms with E-state index in [1.807, 2.05) is 0 Å². The maximum absolute atomic E-state index is 12.9. The summed E-state index contributed by atoms with van der Waals surface area (Å²) in [6.45, 7) is 4.99. The summed E-state index contributed by atoms with van der Waals surface area (Å²) in [6.07, 6.45) is -4.86. The number of hydrogen-bond acceptors (Lipinski definition) is 5. The highest BCUT2D eigenvalue weighted by atomic mass is 19.4. The summed E-state index contributed by atoms with van der Waals surface area (Å²) >= 11 is 0. The number of anilines is 1. The van der Waals surface area contributed by atoms with Gasteiger partial charge in [0.25, 0.3) is 5.91 Å². The molecule has 7 nitrogen and oxygen atoms in total. The number of aromatic nitrogens is 2. The van der Waals surface area contributed by atoms with Crippen molar-refractivity contribution in [3.63, 3.8) is 0 Å². The number of rotatable bonds is 8. The lowest BCUT2D eigenvalue weighted by atomic mass is 10.1. The fourth-order valence-corrected chi connectivity index (χ4v) is 2.49. The van der Waals surface area contributed by atoms with Crippen LogP contribution in [0.2, 0.25) is 0 Å². The monoisotopic (exact) mass is 474 g/mol. The van der Waals surface area contributed by atoms with Gasteiger partial charge in [-0.1, -0.05) is 13.8 Å². The van der Waals surface area contributed by atoms with E-state index in [1.54, 1.807) is 39.8 Å². The van der Waals surface area contributed by atoms with Crippen molar-refractivity contribution < 1.29 is 36.3 Å². The van der Waals surface area contributed by atoms with Crippen LogP contribution >= 0.6 is 0 Å². The molecule has 0 aliphatic carbocycles. The van der Waals surface area contributed by atoms with E-state index in [1.165, 1.54) is 0 Å². The molecule has 12 heteroatoms. The first-order chi connectivity index (χ1) is 15.2. The summed E-state index contributed by atoms with van der Waals surface area (Å²) in [5.74, 6) is -6.11. The van der Waals surface area contributed by atoms with Gasteiger partial charge in [0.05, 0.1) is 12.2 Å². The Labute approximate surface area is 186 Å². The van der Waals surface area contributed by atoms with Crippen LogP contribution < -0.4 is 15.4 Å². The van der Waals surface area contributed by atoms with Gasteiger partial charge in [-0.2, -0.15) is 22.0 Å². The molecule has 2 aromatic heterocycles. The first-order valence-electron chi connectivity index (χ1n) is 9.83. The van der Waals surface area contributed by atoms with E-state index in [0.29, 0.717) is 17.1 Å². The van der Waals surface area contributed by atoms with Gasteiger partial charge >= 0.3 is 12.1 Å². The lowest BCUT2D eigenvalue weighted by molar-refractivity contribution is -0.290. The van der Waals surface area contributed by atoms with E-state index in [0.717, 1.165) is 18.3 Å². The van der Waals surface area contributed by atoms with Crippen molar-refractivity contribution in [1.82, 2.24) is 15.3 Å². The van der Waals surface area contributed by atoms with Crippen molar-refractivity contribution in [3.05, 3.63) is 47.4 Å². The molecular formula is C21H23F5N4O3. The smallest absolute Gasteiger partial charge is 0.456 e. The Morgan fingerprint density at radius 1 is 1.09 bits per heavy atom. The molecule has 0 spiro atoms. The van der Waals surface area contributed by atoms with Gasteiger partial charge in [0.1, 0.15) is 17.3 Å². The first-order valence-corrected chi connectivity index (χ1v) is 9.83. The molecule has 2 N–H and O–H groups in total. The lowest BCUT2D eigenvalue weighted by Gasteiger charge is -2.19. The van der Waals surface area contributed by atoms with Crippen LogP contribution in [-0.4, -0.2) is 40.5 Å². The van der Waals surface area contributed by atoms with Gasteiger partial charge in [0.2, 0.25) is 5.91 Å². The SMILES string of the molecule is Cc1cc(C(C)NC(=O)c2ccc(OCC(F)(F)C(F)(F)F)cn2)cc(NC(=O)C(C)C)n1. The van der Waals surface area contributed by atoms with Crippen molar-refractivity contribution >= 4 is 17.6 Å². The Hall–Kier alpha value is -3.31. The summed E-state index contributed by atoms with van der Waals surface area (Å²) < 4.78 is 66.9. The Bertz CT molecular complexity index is 994. The maximum Gasteiger partial charge on any atom is 0.456 e. The average Bonchev–Trinajstić information content (AvgIpc) is 2.71. The molecule has 1 unspecified atom stereocenters. The molecular weight excluding hydrogens is 451 g/mol. The van der Waals surface area contributed by atoms with Gasteiger partial charge in [-0.3, -0.25) is 9.59 Å². The van der Waals surface area contributed by atoms with Crippen molar-refractivity contribution in [1.29, 1.82) is 0 Å². The largest absolute Gasteiger partial charge is 0.485 e. The van der Waals surface area contributed by atoms with E-state index in [4.69, 9.17) is 0 Å². The van der Waals surface area contributed by atoms with Crippen molar-refractivity contribution in [2.45, 2.75) is 45.8 Å². The van der Waals surface area contributed by atoms with Crippen LogP contribution in [0.5, 0.6) is 5.75 Å². The quantitative estimate of drug-likeness (QED) is 0.552. The Kier molecular flexibility index (Phi) is 7.93. The number of pyridine rings is 2. The van der Waals surface area contributed by atoms with Crippen LogP contribution in [0.4, 0.5) is 27.8 Å². The maximum atomic E-state index is 12.9.